The van der Waals surface area contributed by atoms with Crippen LogP contribution in [0, 0.1) is 11.8 Å². The molecule has 48 valence electrons. The molecule has 0 amide bonds. The van der Waals surface area contributed by atoms with E-state index in [0.29, 0.717) is 6.10 Å². The Morgan fingerprint density at radius 1 is 1.25 bits per heavy atom. The van der Waals surface area contributed by atoms with Crippen LogP contribution in [0.15, 0.2) is 0 Å². The van der Waals surface area contributed by atoms with Gasteiger partial charge in [0.25, 0.3) is 0 Å². The predicted octanol–water partition coefficient (Wildman–Crippen LogP) is 1.68. The van der Waals surface area contributed by atoms with Crippen molar-refractivity contribution in [3.8, 4) is 0 Å². The molecule has 1 heterocycles. The molecule has 1 aliphatic rings. The summed E-state index contributed by atoms with van der Waals surface area (Å²) in [4.78, 5) is 0. The van der Waals surface area contributed by atoms with Gasteiger partial charge in [0.2, 0.25) is 0 Å². The van der Waals surface area contributed by atoms with Crippen LogP contribution in [-0.2, 0) is 4.74 Å². The van der Waals surface area contributed by atoms with E-state index >= 15 is 0 Å². The van der Waals surface area contributed by atoms with Crippen molar-refractivity contribution in [2.45, 2.75) is 26.9 Å². The van der Waals surface area contributed by atoms with Crippen molar-refractivity contribution in [2.24, 2.45) is 11.8 Å². The van der Waals surface area contributed by atoms with Crippen LogP contribution in [0.4, 0.5) is 0 Å². The molecule has 8 heavy (non-hydrogen) atoms. The highest BCUT2D eigenvalue weighted by Gasteiger charge is 2.26. The van der Waals surface area contributed by atoms with Gasteiger partial charge in [-0.1, -0.05) is 13.8 Å². The maximum absolute atomic E-state index is 5.38. The topological polar surface area (TPSA) is 9.23 Å². The molecule has 1 heteroatoms. The summed E-state index contributed by atoms with van der Waals surface area (Å²) in [5.41, 5.74) is 0. The third-order valence-corrected chi connectivity index (χ3v) is 2.26. The Bertz CT molecular complexity index is 70.5. The van der Waals surface area contributed by atoms with Crippen molar-refractivity contribution in [3.63, 3.8) is 0 Å². The second kappa shape index (κ2) is 2.06. The van der Waals surface area contributed by atoms with E-state index in [4.69, 9.17) is 4.74 Å². The summed E-state index contributed by atoms with van der Waals surface area (Å²) in [6, 6.07) is 0. The van der Waals surface area contributed by atoms with Gasteiger partial charge in [-0.25, -0.2) is 0 Å². The first-order valence-corrected chi connectivity index (χ1v) is 3.33. The molecule has 0 N–H and O–H groups in total. The number of ether oxygens (including phenoxy) is 1. The Kier molecular flexibility index (Phi) is 1.57. The lowest BCUT2D eigenvalue weighted by Gasteiger charge is -2.09. The summed E-state index contributed by atoms with van der Waals surface area (Å²) >= 11 is 0. The standard InChI is InChI=1S/C7H14O/c1-5-4-8-7(3)6(5)2/h5-7H,4H2,1-3H3. The molecule has 0 aliphatic carbocycles. The molecule has 0 aromatic rings. The van der Waals surface area contributed by atoms with E-state index in [9.17, 15) is 0 Å². The lowest BCUT2D eigenvalue weighted by atomic mass is 9.96. The van der Waals surface area contributed by atoms with Gasteiger partial charge >= 0.3 is 0 Å². The van der Waals surface area contributed by atoms with Crippen LogP contribution in [-0.4, -0.2) is 12.7 Å². The average Bonchev–Trinajstić information content (AvgIpc) is 1.98. The van der Waals surface area contributed by atoms with Gasteiger partial charge in [-0.3, -0.25) is 0 Å². The van der Waals surface area contributed by atoms with Gasteiger partial charge in [0, 0.05) is 6.61 Å². The third-order valence-electron chi connectivity index (χ3n) is 2.26. The average molecular weight is 114 g/mol. The highest BCUT2D eigenvalue weighted by molar-refractivity contribution is 4.73. The monoisotopic (exact) mass is 114 g/mol. The molecule has 3 unspecified atom stereocenters. The maximum Gasteiger partial charge on any atom is 0.0576 e. The molecule has 0 bridgehead atoms. The predicted molar refractivity (Wildman–Crippen MR) is 33.7 cm³/mol. The normalized spacial score (nSPS) is 47.6. The maximum atomic E-state index is 5.38. The first-order valence-electron chi connectivity index (χ1n) is 3.33. The molecule has 0 saturated carbocycles. The van der Waals surface area contributed by atoms with Crippen LogP contribution in [0.1, 0.15) is 20.8 Å². The third kappa shape index (κ3) is 0.873. The lowest BCUT2D eigenvalue weighted by Crippen LogP contribution is -2.10. The van der Waals surface area contributed by atoms with Crippen molar-refractivity contribution in [1.82, 2.24) is 0 Å². The Morgan fingerprint density at radius 3 is 2.00 bits per heavy atom. The Morgan fingerprint density at radius 2 is 1.88 bits per heavy atom. The van der Waals surface area contributed by atoms with Gasteiger partial charge in [0.05, 0.1) is 6.10 Å². The van der Waals surface area contributed by atoms with Crippen LogP contribution in [0.5, 0.6) is 0 Å². The van der Waals surface area contributed by atoms with E-state index in [1.165, 1.54) is 0 Å². The quantitative estimate of drug-likeness (QED) is 0.465. The first-order chi connectivity index (χ1) is 3.72. The minimum absolute atomic E-state index is 0.491. The molecule has 3 atom stereocenters. The molecule has 1 fully saturated rings. The summed E-state index contributed by atoms with van der Waals surface area (Å²) in [5, 5.41) is 0. The summed E-state index contributed by atoms with van der Waals surface area (Å²) in [7, 11) is 0. The van der Waals surface area contributed by atoms with E-state index in [1.807, 2.05) is 0 Å². The largest absolute Gasteiger partial charge is 0.378 e. The highest BCUT2D eigenvalue weighted by atomic mass is 16.5. The second-order valence-electron chi connectivity index (χ2n) is 2.87. The van der Waals surface area contributed by atoms with E-state index < -0.39 is 0 Å². The van der Waals surface area contributed by atoms with Gasteiger partial charge < -0.3 is 4.74 Å². The fraction of sp³-hybridized carbons (Fsp3) is 1.00. The van der Waals surface area contributed by atoms with E-state index in [1.54, 1.807) is 0 Å². The van der Waals surface area contributed by atoms with Gasteiger partial charge in [-0.2, -0.15) is 0 Å². The zero-order valence-corrected chi connectivity index (χ0v) is 5.85. The Hall–Kier alpha value is -0.0400. The zero-order valence-electron chi connectivity index (χ0n) is 5.85. The minimum atomic E-state index is 0.491. The van der Waals surface area contributed by atoms with Crippen molar-refractivity contribution >= 4 is 0 Å². The molecular weight excluding hydrogens is 100 g/mol. The van der Waals surface area contributed by atoms with Gasteiger partial charge in [0.15, 0.2) is 0 Å². The van der Waals surface area contributed by atoms with Crippen molar-refractivity contribution in [1.29, 1.82) is 0 Å². The van der Waals surface area contributed by atoms with Crippen LogP contribution in [0.2, 0.25) is 0 Å². The lowest BCUT2D eigenvalue weighted by molar-refractivity contribution is 0.108. The first kappa shape index (κ1) is 6.09. The molecule has 1 rings (SSSR count). The SMILES string of the molecule is CC1COC(C)C1C. The molecule has 0 aromatic carbocycles. The summed E-state index contributed by atoms with van der Waals surface area (Å²) in [6.45, 7) is 7.60. The van der Waals surface area contributed by atoms with Crippen LogP contribution in [0.25, 0.3) is 0 Å². The van der Waals surface area contributed by atoms with Gasteiger partial charge in [0.1, 0.15) is 0 Å². The Balaban J connectivity index is 2.44. The van der Waals surface area contributed by atoms with Crippen LogP contribution in [0.3, 0.4) is 0 Å². The summed E-state index contributed by atoms with van der Waals surface area (Å²) < 4.78 is 5.38. The fourth-order valence-electron chi connectivity index (χ4n) is 1.07. The number of hydrogen-bond acceptors (Lipinski definition) is 1. The smallest absolute Gasteiger partial charge is 0.0576 e. The van der Waals surface area contributed by atoms with Crippen LogP contribution < -0.4 is 0 Å². The highest BCUT2D eigenvalue weighted by Crippen LogP contribution is 2.24. The molecule has 1 saturated heterocycles. The molecular formula is C7H14O. The molecule has 1 nitrogen and oxygen atoms in total. The van der Waals surface area contributed by atoms with Crippen LogP contribution >= 0.6 is 0 Å². The van der Waals surface area contributed by atoms with Crippen molar-refractivity contribution in [2.75, 3.05) is 6.61 Å². The fourth-order valence-corrected chi connectivity index (χ4v) is 1.07. The molecule has 0 spiro atoms. The van der Waals surface area contributed by atoms with Gasteiger partial charge in [-0.15, -0.1) is 0 Å². The number of hydrogen-bond donors (Lipinski definition) is 0. The molecule has 1 aliphatic heterocycles. The number of rotatable bonds is 0. The molecule has 0 aromatic heterocycles. The van der Waals surface area contributed by atoms with Gasteiger partial charge in [-0.05, 0) is 18.8 Å². The van der Waals surface area contributed by atoms with Crippen molar-refractivity contribution in [3.05, 3.63) is 0 Å². The summed E-state index contributed by atoms with van der Waals surface area (Å²) in [5.74, 6) is 1.53. The minimum Gasteiger partial charge on any atom is -0.378 e. The second-order valence-corrected chi connectivity index (χ2v) is 2.87. The van der Waals surface area contributed by atoms with E-state index in [-0.39, 0.29) is 0 Å². The van der Waals surface area contributed by atoms with E-state index in [2.05, 4.69) is 20.8 Å². The summed E-state index contributed by atoms with van der Waals surface area (Å²) in [6.07, 6.45) is 0.491. The van der Waals surface area contributed by atoms with Crippen molar-refractivity contribution < 1.29 is 4.74 Å². The molecule has 0 radical (unpaired) electrons. The Labute approximate surface area is 51.0 Å². The van der Waals surface area contributed by atoms with E-state index in [0.717, 1.165) is 18.4 Å². The zero-order chi connectivity index (χ0) is 6.15.